The molecular formula is C5H11ClO6S2. The number of alkyl halides is 1. The molecule has 0 aliphatic heterocycles. The van der Waals surface area contributed by atoms with E-state index in [9.17, 15) is 12.6 Å². The molecule has 0 spiro atoms. The van der Waals surface area contributed by atoms with Crippen LogP contribution in [0, 0.1) is 0 Å². The van der Waals surface area contributed by atoms with Crippen molar-refractivity contribution in [1.29, 1.82) is 0 Å². The van der Waals surface area contributed by atoms with Gasteiger partial charge in [0, 0.05) is 22.8 Å². The van der Waals surface area contributed by atoms with Crippen LogP contribution in [0.5, 0.6) is 0 Å². The van der Waals surface area contributed by atoms with E-state index < -0.39 is 32.3 Å². The Bertz CT molecular complexity index is 276. The lowest BCUT2D eigenvalue weighted by molar-refractivity contribution is -0.312. The maximum Gasteiger partial charge on any atom is 0.268 e. The highest BCUT2D eigenvalue weighted by atomic mass is 35.5. The van der Waals surface area contributed by atoms with Crippen LogP contribution in [-0.2, 0) is 30.3 Å². The molecule has 0 aromatic carbocycles. The number of ether oxygens (including phenoxy) is 1. The summed E-state index contributed by atoms with van der Waals surface area (Å²) >= 11 is 5.12. The third kappa shape index (κ3) is 7.65. The first-order chi connectivity index (χ1) is 6.37. The molecule has 0 saturated carbocycles. The van der Waals surface area contributed by atoms with E-state index in [1.165, 1.54) is 6.26 Å². The van der Waals surface area contributed by atoms with Crippen molar-refractivity contribution in [3.63, 3.8) is 0 Å². The highest BCUT2D eigenvalue weighted by Crippen LogP contribution is 2.01. The Kier molecular flexibility index (Phi) is 6.83. The third-order valence-corrected chi connectivity index (χ3v) is 3.71. The molecule has 2 unspecified atom stereocenters. The van der Waals surface area contributed by atoms with Gasteiger partial charge in [0.25, 0.3) is 5.75 Å². The lowest BCUT2D eigenvalue weighted by Crippen LogP contribution is -2.21. The van der Waals surface area contributed by atoms with Crippen molar-refractivity contribution in [2.45, 2.75) is 5.75 Å². The molecular weight excluding hydrogens is 256 g/mol. The molecule has 1 N–H and O–H groups in total. The Labute approximate surface area is 89.5 Å². The van der Waals surface area contributed by atoms with Crippen LogP contribution >= 0.6 is 11.6 Å². The van der Waals surface area contributed by atoms with Crippen LogP contribution in [0.15, 0.2) is 0 Å². The summed E-state index contributed by atoms with van der Waals surface area (Å²) in [6, 6.07) is 0. The first-order valence-electron chi connectivity index (χ1n) is 3.44. The Morgan fingerprint density at radius 3 is 2.57 bits per heavy atom. The second-order valence-corrected chi connectivity index (χ2v) is 6.43. The quantitative estimate of drug-likeness (QED) is 0.296. The molecule has 0 aliphatic rings. The zero-order valence-corrected chi connectivity index (χ0v) is 9.77. The SMILES string of the molecule is CS(=O)CCS(=O)(=O)COC(Cl)OO. The van der Waals surface area contributed by atoms with Gasteiger partial charge in [-0.3, -0.25) is 4.21 Å². The third-order valence-electron chi connectivity index (χ3n) is 1.14. The van der Waals surface area contributed by atoms with Gasteiger partial charge in [-0.15, -0.1) is 0 Å². The number of rotatable bonds is 7. The van der Waals surface area contributed by atoms with Gasteiger partial charge in [-0.25, -0.2) is 13.7 Å². The van der Waals surface area contributed by atoms with Gasteiger partial charge in [0.05, 0.1) is 5.75 Å². The molecule has 0 aromatic heterocycles. The van der Waals surface area contributed by atoms with Gasteiger partial charge in [-0.05, 0) is 0 Å². The van der Waals surface area contributed by atoms with Crippen molar-refractivity contribution in [2.24, 2.45) is 0 Å². The molecule has 2 atom stereocenters. The molecule has 86 valence electrons. The van der Waals surface area contributed by atoms with Crippen molar-refractivity contribution in [2.75, 3.05) is 23.7 Å². The van der Waals surface area contributed by atoms with Crippen molar-refractivity contribution < 1.29 is 27.5 Å². The second kappa shape index (κ2) is 6.70. The van der Waals surface area contributed by atoms with Crippen molar-refractivity contribution in [1.82, 2.24) is 0 Å². The minimum absolute atomic E-state index is 0.0403. The van der Waals surface area contributed by atoms with Crippen LogP contribution in [0.1, 0.15) is 0 Å². The Balaban J connectivity index is 3.90. The minimum atomic E-state index is -3.47. The van der Waals surface area contributed by atoms with Gasteiger partial charge in [-0.2, -0.15) is 4.89 Å². The van der Waals surface area contributed by atoms with Crippen LogP contribution in [0.3, 0.4) is 0 Å². The summed E-state index contributed by atoms with van der Waals surface area (Å²) < 4.78 is 37.2. The summed E-state index contributed by atoms with van der Waals surface area (Å²) in [7, 11) is -4.65. The highest BCUT2D eigenvalue weighted by molar-refractivity contribution is 7.92. The molecule has 9 heteroatoms. The number of halogens is 1. The summed E-state index contributed by atoms with van der Waals surface area (Å²) in [5.41, 5.74) is 0. The average Bonchev–Trinajstić information content (AvgIpc) is 2.11. The van der Waals surface area contributed by atoms with Gasteiger partial charge < -0.3 is 4.74 Å². The number of hydrogen-bond acceptors (Lipinski definition) is 6. The Morgan fingerprint density at radius 2 is 2.14 bits per heavy atom. The van der Waals surface area contributed by atoms with Crippen LogP contribution < -0.4 is 0 Å². The van der Waals surface area contributed by atoms with E-state index in [1.54, 1.807) is 0 Å². The Hall–Kier alpha value is 0.270. The first kappa shape index (κ1) is 14.3. The highest BCUT2D eigenvalue weighted by Gasteiger charge is 2.15. The maximum atomic E-state index is 11.1. The lowest BCUT2D eigenvalue weighted by Gasteiger charge is -2.07. The largest absolute Gasteiger partial charge is 0.321 e. The first-order valence-corrected chi connectivity index (χ1v) is 7.42. The maximum absolute atomic E-state index is 11.1. The van der Waals surface area contributed by atoms with Crippen LogP contribution in [0.25, 0.3) is 0 Å². The van der Waals surface area contributed by atoms with Gasteiger partial charge >= 0.3 is 0 Å². The molecule has 0 radical (unpaired) electrons. The van der Waals surface area contributed by atoms with E-state index in [2.05, 4.69) is 9.62 Å². The van der Waals surface area contributed by atoms with E-state index in [0.717, 1.165) is 0 Å². The normalized spacial score (nSPS) is 16.5. The molecule has 6 nitrogen and oxygen atoms in total. The fraction of sp³-hybridized carbons (Fsp3) is 1.00. The predicted molar refractivity (Wildman–Crippen MR) is 52.0 cm³/mol. The van der Waals surface area contributed by atoms with E-state index in [0.29, 0.717) is 0 Å². The lowest BCUT2D eigenvalue weighted by atomic mass is 11.0. The monoisotopic (exact) mass is 266 g/mol. The molecule has 0 amide bonds. The zero-order chi connectivity index (χ0) is 11.2. The molecule has 0 heterocycles. The molecule has 0 aliphatic carbocycles. The topological polar surface area (TPSA) is 89.9 Å². The van der Waals surface area contributed by atoms with Gasteiger partial charge in [0.1, 0.15) is 0 Å². The molecule has 0 bridgehead atoms. The Morgan fingerprint density at radius 1 is 1.57 bits per heavy atom. The van der Waals surface area contributed by atoms with Crippen molar-refractivity contribution in [3.8, 4) is 0 Å². The van der Waals surface area contributed by atoms with Crippen LogP contribution in [0.4, 0.5) is 0 Å². The molecule has 0 saturated heterocycles. The van der Waals surface area contributed by atoms with Crippen LogP contribution in [-0.4, -0.2) is 47.3 Å². The number of sulfone groups is 1. The fourth-order valence-corrected chi connectivity index (χ4v) is 3.03. The summed E-state index contributed by atoms with van der Waals surface area (Å²) in [5.74, 6) is -2.42. The predicted octanol–water partition coefficient (Wildman–Crippen LogP) is -0.234. The van der Waals surface area contributed by atoms with E-state index in [-0.39, 0.29) is 11.5 Å². The van der Waals surface area contributed by atoms with E-state index in [1.807, 2.05) is 0 Å². The molecule has 14 heavy (non-hydrogen) atoms. The van der Waals surface area contributed by atoms with Crippen molar-refractivity contribution in [3.05, 3.63) is 0 Å². The van der Waals surface area contributed by atoms with Crippen LogP contribution in [0.2, 0.25) is 0 Å². The van der Waals surface area contributed by atoms with Gasteiger partial charge in [0.2, 0.25) is 0 Å². The van der Waals surface area contributed by atoms with Gasteiger partial charge in [-0.1, -0.05) is 11.6 Å². The standard InChI is InChI=1S/C5H11ClO6S2/c1-13(8)2-3-14(9,10)4-11-5(6)12-7/h5,7H,2-4H2,1H3. The van der Waals surface area contributed by atoms with E-state index in [4.69, 9.17) is 16.9 Å². The number of hydrogen-bond donors (Lipinski definition) is 1. The minimum Gasteiger partial charge on any atom is -0.321 e. The summed E-state index contributed by atoms with van der Waals surface area (Å²) in [6.45, 7) is 0. The smallest absolute Gasteiger partial charge is 0.268 e. The second-order valence-electron chi connectivity index (χ2n) is 2.39. The zero-order valence-electron chi connectivity index (χ0n) is 7.38. The fourth-order valence-electron chi connectivity index (χ4n) is 0.491. The molecule has 0 fully saturated rings. The summed E-state index contributed by atoms with van der Waals surface area (Å²) in [4.78, 5) is 3.49. The summed E-state index contributed by atoms with van der Waals surface area (Å²) in [5, 5.41) is 7.95. The van der Waals surface area contributed by atoms with E-state index >= 15 is 0 Å². The van der Waals surface area contributed by atoms with Gasteiger partial charge in [0.15, 0.2) is 15.8 Å². The van der Waals surface area contributed by atoms with Crippen molar-refractivity contribution >= 4 is 32.2 Å². The summed E-state index contributed by atoms with van der Waals surface area (Å²) in [6.07, 6.45) is 1.40. The molecule has 0 rings (SSSR count). The molecule has 0 aromatic rings. The average molecular weight is 267 g/mol.